The van der Waals surface area contributed by atoms with Crippen LogP contribution in [0.25, 0.3) is 0 Å². The van der Waals surface area contributed by atoms with E-state index in [0.29, 0.717) is 6.04 Å². The van der Waals surface area contributed by atoms with E-state index in [1.54, 1.807) is 21.3 Å². The Kier molecular flexibility index (Phi) is 13.7. The Bertz CT molecular complexity index is 482. The molecule has 8 nitrogen and oxygen atoms in total. The van der Waals surface area contributed by atoms with Gasteiger partial charge in [0.2, 0.25) is 0 Å². The summed E-state index contributed by atoms with van der Waals surface area (Å²) in [6, 6.07) is 1.37. The van der Waals surface area contributed by atoms with Crippen LogP contribution < -0.4 is 0 Å². The maximum absolute atomic E-state index is 6.73. The van der Waals surface area contributed by atoms with Crippen LogP contribution in [0.1, 0.15) is 0 Å². The highest BCUT2D eigenvalue weighted by atomic mass is 28.5. The fourth-order valence-corrected chi connectivity index (χ4v) is 28.8. The highest BCUT2D eigenvalue weighted by Crippen LogP contribution is 2.29. The molecule has 0 saturated carbocycles. The lowest BCUT2D eigenvalue weighted by molar-refractivity contribution is 0.124. The summed E-state index contributed by atoms with van der Waals surface area (Å²) >= 11 is 0. The third-order valence-corrected chi connectivity index (χ3v) is 26.7. The second-order valence-electron chi connectivity index (χ2n) is 9.22. The first-order chi connectivity index (χ1) is 13.5. The molecule has 0 radical (unpaired) electrons. The van der Waals surface area contributed by atoms with Crippen molar-refractivity contribution < 1.29 is 33.9 Å². The van der Waals surface area contributed by atoms with E-state index in [4.69, 9.17) is 33.9 Å². The van der Waals surface area contributed by atoms with Crippen LogP contribution in [-0.2, 0) is 33.9 Å². The highest BCUT2D eigenvalue weighted by molar-refractivity contribution is 6.88. The Hall–Kier alpha value is 1.20. The predicted molar refractivity (Wildman–Crippen MR) is 139 cm³/mol. The minimum Gasteiger partial charge on any atom is -0.442 e. The average molecular weight is 551 g/mol. The fraction of sp³-hybridized carbons (Fsp3) is 1.00. The van der Waals surface area contributed by atoms with Gasteiger partial charge in [0.1, 0.15) is 0 Å². The molecule has 30 heavy (non-hydrogen) atoms. The van der Waals surface area contributed by atoms with Crippen LogP contribution in [0.5, 0.6) is 0 Å². The summed E-state index contributed by atoms with van der Waals surface area (Å²) in [7, 11) is -9.24. The quantitative estimate of drug-likeness (QED) is 0.271. The molecule has 0 aliphatic carbocycles. The van der Waals surface area contributed by atoms with Gasteiger partial charge in [0.15, 0.2) is 17.4 Å². The van der Waals surface area contributed by atoms with E-state index in [1.807, 2.05) is 0 Å². The van der Waals surface area contributed by atoms with Gasteiger partial charge in [-0.25, -0.2) is 0 Å². The molecular weight excluding hydrogens is 505 g/mol. The Labute approximate surface area is 194 Å². The van der Waals surface area contributed by atoms with Gasteiger partial charge in [-0.3, -0.25) is 0 Å². The summed E-state index contributed by atoms with van der Waals surface area (Å²) in [5.74, 6) is 0. The molecule has 0 rings (SSSR count). The molecule has 182 valence electrons. The van der Waals surface area contributed by atoms with Crippen molar-refractivity contribution in [1.82, 2.24) is 0 Å². The van der Waals surface area contributed by atoms with E-state index in [2.05, 4.69) is 65.5 Å². The SMILES string of the molecule is CO[Si](CC[Si](C)(O[Si](C)(C)C)O[Si](C)(C)O[SiH](C)O[SiH](C)O[SiH](C)C)(OC)OC. The third kappa shape index (κ3) is 13.0. The Balaban J connectivity index is 5.28. The number of hydrogen-bond donors (Lipinski definition) is 0. The van der Waals surface area contributed by atoms with E-state index in [1.165, 1.54) is 0 Å². The highest BCUT2D eigenvalue weighted by Gasteiger charge is 2.48. The average Bonchev–Trinajstić information content (AvgIpc) is 2.52. The predicted octanol–water partition coefficient (Wildman–Crippen LogP) is 3.24. The van der Waals surface area contributed by atoms with E-state index < -0.39 is 61.9 Å². The maximum Gasteiger partial charge on any atom is 0.500 e. The summed E-state index contributed by atoms with van der Waals surface area (Å²) in [6.45, 7) is 21.3. The first kappa shape index (κ1) is 31.2. The molecule has 0 N–H and O–H groups in total. The normalized spacial score (nSPS) is 17.8. The molecule has 3 atom stereocenters. The second kappa shape index (κ2) is 13.2. The van der Waals surface area contributed by atoms with Crippen LogP contribution >= 0.6 is 0 Å². The number of hydrogen-bond acceptors (Lipinski definition) is 8. The molecule has 0 heterocycles. The molecule has 15 heteroatoms. The first-order valence-corrected chi connectivity index (χ1v) is 28.2. The Morgan fingerprint density at radius 2 is 1.13 bits per heavy atom. The smallest absolute Gasteiger partial charge is 0.442 e. The van der Waals surface area contributed by atoms with Crippen molar-refractivity contribution in [3.63, 3.8) is 0 Å². The minimum atomic E-state index is -2.71. The molecule has 0 aromatic rings. The molecule has 0 aliphatic rings. The lowest BCUT2D eigenvalue weighted by Crippen LogP contribution is -2.57. The molecule has 0 spiro atoms. The molecular formula is C15H46O8Si7. The molecule has 0 aliphatic heterocycles. The van der Waals surface area contributed by atoms with Crippen molar-refractivity contribution in [3.8, 4) is 0 Å². The molecule has 0 amide bonds. The van der Waals surface area contributed by atoms with Crippen molar-refractivity contribution in [1.29, 1.82) is 0 Å². The van der Waals surface area contributed by atoms with Crippen LogP contribution in [0, 0.1) is 0 Å². The topological polar surface area (TPSA) is 73.8 Å². The molecule has 0 aromatic heterocycles. The van der Waals surface area contributed by atoms with Gasteiger partial charge in [-0.05, 0) is 71.5 Å². The van der Waals surface area contributed by atoms with Crippen LogP contribution in [-0.4, -0.2) is 83.2 Å². The van der Waals surface area contributed by atoms with Crippen molar-refractivity contribution in [2.24, 2.45) is 0 Å². The monoisotopic (exact) mass is 550 g/mol. The molecule has 0 bridgehead atoms. The minimum absolute atomic E-state index is 0.647. The van der Waals surface area contributed by atoms with Gasteiger partial charge in [-0.15, -0.1) is 0 Å². The lowest BCUT2D eigenvalue weighted by Gasteiger charge is -2.41. The lowest BCUT2D eigenvalue weighted by atomic mass is 10.9. The van der Waals surface area contributed by atoms with Crippen molar-refractivity contribution in [3.05, 3.63) is 0 Å². The van der Waals surface area contributed by atoms with Crippen LogP contribution in [0.15, 0.2) is 0 Å². The van der Waals surface area contributed by atoms with Gasteiger partial charge in [0.25, 0.3) is 18.6 Å². The first-order valence-electron chi connectivity index (χ1n) is 10.6. The number of rotatable bonds is 16. The molecule has 0 fully saturated rings. The standard InChI is InChI=1S/C15H46O8Si7/c1-16-30(17-2,18-3)15-14-29(13,22-27(8,9)10)23-28(11,12)21-26(7)20-25(6)19-24(4)5/h24-26H,14-15H2,1-13H3. The van der Waals surface area contributed by atoms with Gasteiger partial charge in [-0.2, -0.15) is 0 Å². The van der Waals surface area contributed by atoms with Crippen molar-refractivity contribution in [2.75, 3.05) is 21.3 Å². The molecule has 0 aromatic carbocycles. The summed E-state index contributed by atoms with van der Waals surface area (Å²) < 4.78 is 48.7. The van der Waals surface area contributed by atoms with E-state index in [-0.39, 0.29) is 0 Å². The Morgan fingerprint density at radius 1 is 0.633 bits per heavy atom. The summed E-state index contributed by atoms with van der Waals surface area (Å²) in [6.07, 6.45) is 0. The van der Waals surface area contributed by atoms with Gasteiger partial charge >= 0.3 is 25.9 Å². The summed E-state index contributed by atoms with van der Waals surface area (Å²) in [4.78, 5) is 0. The van der Waals surface area contributed by atoms with Crippen LogP contribution in [0.2, 0.25) is 77.6 Å². The fourth-order valence-electron chi connectivity index (χ4n) is 3.36. The van der Waals surface area contributed by atoms with E-state index in [9.17, 15) is 0 Å². The van der Waals surface area contributed by atoms with Gasteiger partial charge < -0.3 is 33.9 Å². The van der Waals surface area contributed by atoms with Crippen LogP contribution in [0.4, 0.5) is 0 Å². The molecule has 0 saturated heterocycles. The summed E-state index contributed by atoms with van der Waals surface area (Å²) in [5.41, 5.74) is 0. The largest absolute Gasteiger partial charge is 0.500 e. The second-order valence-corrected chi connectivity index (χ2v) is 31.2. The van der Waals surface area contributed by atoms with Crippen molar-refractivity contribution in [2.45, 2.75) is 77.6 Å². The third-order valence-electron chi connectivity index (χ3n) is 4.10. The van der Waals surface area contributed by atoms with Crippen molar-refractivity contribution >= 4 is 61.9 Å². The zero-order chi connectivity index (χ0) is 23.8. The Morgan fingerprint density at radius 3 is 1.53 bits per heavy atom. The van der Waals surface area contributed by atoms with Gasteiger partial charge in [-0.1, -0.05) is 0 Å². The maximum atomic E-state index is 6.73. The van der Waals surface area contributed by atoms with E-state index >= 15 is 0 Å². The van der Waals surface area contributed by atoms with Gasteiger partial charge in [0, 0.05) is 27.4 Å². The zero-order valence-corrected chi connectivity index (χ0v) is 28.9. The van der Waals surface area contributed by atoms with Gasteiger partial charge in [0.05, 0.1) is 0 Å². The summed E-state index contributed by atoms with van der Waals surface area (Å²) in [5, 5.41) is 0. The van der Waals surface area contributed by atoms with E-state index in [0.717, 1.165) is 6.04 Å². The zero-order valence-electron chi connectivity index (χ0n) is 21.4. The molecule has 3 unspecified atom stereocenters. The van der Waals surface area contributed by atoms with Crippen LogP contribution in [0.3, 0.4) is 0 Å².